The number of fused-ring (bicyclic) bond motifs is 1. The van der Waals surface area contributed by atoms with Crippen molar-refractivity contribution in [3.8, 4) is 0 Å². The van der Waals surface area contributed by atoms with Gasteiger partial charge in [0, 0.05) is 43.2 Å². The minimum Gasteiger partial charge on any atom is -0.478 e. The van der Waals surface area contributed by atoms with Gasteiger partial charge in [-0.15, -0.1) is 0 Å². The molecule has 110 valence electrons. The van der Waals surface area contributed by atoms with E-state index in [1.165, 1.54) is 12.3 Å². The van der Waals surface area contributed by atoms with Crippen molar-refractivity contribution < 1.29 is 18.7 Å². The number of hydrogen-bond donors (Lipinski definition) is 1. The van der Waals surface area contributed by atoms with Crippen LogP contribution in [0.4, 0.5) is 14.5 Å². The van der Waals surface area contributed by atoms with Gasteiger partial charge in [0.25, 0.3) is 5.92 Å². The fourth-order valence-corrected chi connectivity index (χ4v) is 2.61. The predicted molar refractivity (Wildman–Crippen MR) is 75.1 cm³/mol. The van der Waals surface area contributed by atoms with Crippen molar-refractivity contribution in [1.29, 1.82) is 0 Å². The SMILES string of the molecule is O=C(O)c1ccnc2ccc(N3CCC(F)(F)CC3)cc12. The smallest absolute Gasteiger partial charge is 0.336 e. The van der Waals surface area contributed by atoms with Gasteiger partial charge in [-0.2, -0.15) is 0 Å². The average molecular weight is 292 g/mol. The molecule has 0 radical (unpaired) electrons. The van der Waals surface area contributed by atoms with Crippen LogP contribution in [-0.4, -0.2) is 35.1 Å². The van der Waals surface area contributed by atoms with Gasteiger partial charge in [0.2, 0.25) is 0 Å². The molecule has 0 aliphatic carbocycles. The fraction of sp³-hybridized carbons (Fsp3) is 0.333. The zero-order valence-electron chi connectivity index (χ0n) is 11.2. The first kappa shape index (κ1) is 13.7. The molecule has 0 atom stereocenters. The average Bonchev–Trinajstić information content (AvgIpc) is 2.46. The van der Waals surface area contributed by atoms with E-state index in [-0.39, 0.29) is 31.5 Å². The number of aromatic carboxylic acids is 1. The van der Waals surface area contributed by atoms with Crippen molar-refractivity contribution >= 4 is 22.6 Å². The Morgan fingerprint density at radius 1 is 1.24 bits per heavy atom. The largest absolute Gasteiger partial charge is 0.478 e. The Kier molecular flexibility index (Phi) is 3.23. The highest BCUT2D eigenvalue weighted by Crippen LogP contribution is 2.32. The number of carbonyl (C=O) groups is 1. The first-order valence-electron chi connectivity index (χ1n) is 6.71. The number of alkyl halides is 2. The van der Waals surface area contributed by atoms with Crippen molar-refractivity contribution in [1.82, 2.24) is 4.98 Å². The summed E-state index contributed by atoms with van der Waals surface area (Å²) in [5.74, 6) is -3.62. The summed E-state index contributed by atoms with van der Waals surface area (Å²) >= 11 is 0. The van der Waals surface area contributed by atoms with E-state index in [4.69, 9.17) is 0 Å². The molecule has 3 rings (SSSR count). The van der Waals surface area contributed by atoms with Gasteiger partial charge in [0.05, 0.1) is 11.1 Å². The minimum absolute atomic E-state index is 0.171. The molecule has 4 nitrogen and oxygen atoms in total. The Bertz CT molecular complexity index is 693. The molecule has 0 bridgehead atoms. The van der Waals surface area contributed by atoms with Crippen molar-refractivity contribution in [2.75, 3.05) is 18.0 Å². The van der Waals surface area contributed by atoms with Crippen molar-refractivity contribution in [3.05, 3.63) is 36.0 Å². The van der Waals surface area contributed by atoms with Crippen LogP contribution in [0.5, 0.6) is 0 Å². The molecule has 2 aromatic rings. The Hall–Kier alpha value is -2.24. The molecule has 1 aromatic heterocycles. The lowest BCUT2D eigenvalue weighted by molar-refractivity contribution is -0.0220. The summed E-state index contributed by atoms with van der Waals surface area (Å²) in [7, 11) is 0. The van der Waals surface area contributed by atoms with E-state index in [0.717, 1.165) is 5.69 Å². The van der Waals surface area contributed by atoms with E-state index in [1.54, 1.807) is 18.2 Å². The molecular formula is C15H14F2N2O2. The maximum atomic E-state index is 13.2. The van der Waals surface area contributed by atoms with E-state index in [9.17, 15) is 18.7 Å². The molecule has 1 aliphatic heterocycles. The van der Waals surface area contributed by atoms with E-state index >= 15 is 0 Å². The molecule has 2 heterocycles. The molecule has 21 heavy (non-hydrogen) atoms. The van der Waals surface area contributed by atoms with Gasteiger partial charge >= 0.3 is 5.97 Å². The van der Waals surface area contributed by atoms with Gasteiger partial charge in [-0.05, 0) is 24.3 Å². The van der Waals surface area contributed by atoms with Gasteiger partial charge in [-0.1, -0.05) is 0 Å². The lowest BCUT2D eigenvalue weighted by Gasteiger charge is -2.33. The lowest BCUT2D eigenvalue weighted by Crippen LogP contribution is -2.39. The van der Waals surface area contributed by atoms with Crippen molar-refractivity contribution in [2.24, 2.45) is 0 Å². The third-order valence-corrected chi connectivity index (χ3v) is 3.82. The standard InChI is InChI=1S/C15H14F2N2O2/c16-15(17)4-7-19(8-5-15)10-1-2-13-12(9-10)11(14(20)21)3-6-18-13/h1-3,6,9H,4-5,7-8H2,(H,20,21). The molecular weight excluding hydrogens is 278 g/mol. The molecule has 6 heteroatoms. The summed E-state index contributed by atoms with van der Waals surface area (Å²) in [5, 5.41) is 9.74. The van der Waals surface area contributed by atoms with Crippen LogP contribution in [0.25, 0.3) is 10.9 Å². The van der Waals surface area contributed by atoms with Crippen LogP contribution in [-0.2, 0) is 0 Å². The third kappa shape index (κ3) is 2.66. The number of anilines is 1. The monoisotopic (exact) mass is 292 g/mol. The van der Waals surface area contributed by atoms with E-state index in [0.29, 0.717) is 10.9 Å². The van der Waals surface area contributed by atoms with Crippen LogP contribution < -0.4 is 4.90 Å². The summed E-state index contributed by atoms with van der Waals surface area (Å²) < 4.78 is 26.4. The summed E-state index contributed by atoms with van der Waals surface area (Å²) in [6.45, 7) is 0.530. The predicted octanol–water partition coefficient (Wildman–Crippen LogP) is 3.17. The summed E-state index contributed by atoms with van der Waals surface area (Å²) in [6, 6.07) is 6.68. The molecule has 1 saturated heterocycles. The Morgan fingerprint density at radius 2 is 1.95 bits per heavy atom. The second-order valence-electron chi connectivity index (χ2n) is 5.21. The molecule has 0 saturated carbocycles. The maximum absolute atomic E-state index is 13.2. The van der Waals surface area contributed by atoms with E-state index < -0.39 is 11.9 Å². The molecule has 1 fully saturated rings. The topological polar surface area (TPSA) is 53.4 Å². The number of carboxylic acid groups (broad SMARTS) is 1. The molecule has 1 aromatic carbocycles. The highest BCUT2D eigenvalue weighted by atomic mass is 19.3. The Labute approximate surface area is 120 Å². The van der Waals surface area contributed by atoms with Crippen LogP contribution in [0.2, 0.25) is 0 Å². The van der Waals surface area contributed by atoms with Crippen molar-refractivity contribution in [2.45, 2.75) is 18.8 Å². The number of rotatable bonds is 2. The molecule has 0 amide bonds. The second-order valence-corrected chi connectivity index (χ2v) is 5.21. The number of benzene rings is 1. The number of pyridine rings is 1. The number of nitrogens with zero attached hydrogens (tertiary/aromatic N) is 2. The van der Waals surface area contributed by atoms with Crippen LogP contribution in [0, 0.1) is 0 Å². The second kappa shape index (κ2) is 4.95. The first-order valence-corrected chi connectivity index (χ1v) is 6.71. The highest BCUT2D eigenvalue weighted by molar-refractivity contribution is 6.03. The lowest BCUT2D eigenvalue weighted by atomic mass is 10.0. The first-order chi connectivity index (χ1) is 9.96. The van der Waals surface area contributed by atoms with Crippen LogP contribution in [0.15, 0.2) is 30.5 Å². The van der Waals surface area contributed by atoms with Crippen LogP contribution >= 0.6 is 0 Å². The normalized spacial score (nSPS) is 17.9. The fourth-order valence-electron chi connectivity index (χ4n) is 2.61. The minimum atomic E-state index is -2.60. The van der Waals surface area contributed by atoms with E-state index in [1.807, 2.05) is 4.90 Å². The summed E-state index contributed by atoms with van der Waals surface area (Å²) in [4.78, 5) is 17.2. The summed E-state index contributed by atoms with van der Waals surface area (Å²) in [5.41, 5.74) is 1.51. The quantitative estimate of drug-likeness (QED) is 0.923. The number of piperidine rings is 1. The van der Waals surface area contributed by atoms with Gasteiger partial charge in [-0.3, -0.25) is 4.98 Å². The molecule has 0 spiro atoms. The number of carboxylic acids is 1. The van der Waals surface area contributed by atoms with Crippen LogP contribution in [0.1, 0.15) is 23.2 Å². The van der Waals surface area contributed by atoms with Gasteiger partial charge in [-0.25, -0.2) is 13.6 Å². The zero-order chi connectivity index (χ0) is 15.0. The molecule has 1 aliphatic rings. The van der Waals surface area contributed by atoms with Gasteiger partial charge < -0.3 is 10.0 Å². The van der Waals surface area contributed by atoms with E-state index in [2.05, 4.69) is 4.98 Å². The Morgan fingerprint density at radius 3 is 2.62 bits per heavy atom. The van der Waals surface area contributed by atoms with Crippen LogP contribution in [0.3, 0.4) is 0 Å². The number of aromatic nitrogens is 1. The Balaban J connectivity index is 1.97. The van der Waals surface area contributed by atoms with Gasteiger partial charge in [0.15, 0.2) is 0 Å². The maximum Gasteiger partial charge on any atom is 0.336 e. The molecule has 1 N–H and O–H groups in total. The molecule has 0 unspecified atom stereocenters. The summed E-state index contributed by atoms with van der Waals surface area (Å²) in [6.07, 6.45) is 1.10. The van der Waals surface area contributed by atoms with Crippen molar-refractivity contribution in [3.63, 3.8) is 0 Å². The van der Waals surface area contributed by atoms with Gasteiger partial charge in [0.1, 0.15) is 0 Å². The third-order valence-electron chi connectivity index (χ3n) is 3.82. The number of hydrogen-bond acceptors (Lipinski definition) is 3. The highest BCUT2D eigenvalue weighted by Gasteiger charge is 2.34. The zero-order valence-corrected chi connectivity index (χ0v) is 11.2. The number of halogens is 2.